The molecule has 0 radical (unpaired) electrons. The second kappa shape index (κ2) is 6.29. The van der Waals surface area contributed by atoms with Gasteiger partial charge in [-0.1, -0.05) is 19.1 Å². The summed E-state index contributed by atoms with van der Waals surface area (Å²) in [5.41, 5.74) is 2.02. The number of nitrogens with one attached hydrogen (secondary N) is 1. The van der Waals surface area contributed by atoms with Gasteiger partial charge in [0, 0.05) is 17.0 Å². The van der Waals surface area contributed by atoms with Crippen molar-refractivity contribution in [3.63, 3.8) is 0 Å². The van der Waals surface area contributed by atoms with Crippen molar-refractivity contribution < 1.29 is 19.1 Å². The normalized spacial score (nSPS) is 24.4. The first-order valence-electron chi connectivity index (χ1n) is 9.96. The second-order valence-electron chi connectivity index (χ2n) is 8.28. The third kappa shape index (κ3) is 2.80. The van der Waals surface area contributed by atoms with Gasteiger partial charge in [-0.05, 0) is 43.9 Å². The molecule has 1 unspecified atom stereocenters. The summed E-state index contributed by atoms with van der Waals surface area (Å²) in [7, 11) is 0. The predicted octanol–water partition coefficient (Wildman–Crippen LogP) is 3.66. The number of anilines is 1. The number of rotatable bonds is 4. The third-order valence-electron chi connectivity index (χ3n) is 6.29. The van der Waals surface area contributed by atoms with E-state index in [1.807, 2.05) is 19.1 Å². The molecular formula is C22H23N3O4. The number of pyridine rings is 1. The smallest absolute Gasteiger partial charge is 0.329 e. The van der Waals surface area contributed by atoms with Crippen molar-refractivity contribution in [2.45, 2.75) is 50.7 Å². The minimum atomic E-state index is -0.879. The average molecular weight is 393 g/mol. The van der Waals surface area contributed by atoms with Gasteiger partial charge in [-0.25, -0.2) is 14.7 Å². The molecule has 1 N–H and O–H groups in total. The molecule has 5 rings (SSSR count). The number of carbonyl (C=O) groups is 2. The Morgan fingerprint density at radius 3 is 2.72 bits per heavy atom. The molecule has 7 nitrogen and oxygen atoms in total. The molecule has 2 fully saturated rings. The molecule has 1 atom stereocenters. The van der Waals surface area contributed by atoms with Crippen molar-refractivity contribution in [3.8, 4) is 11.6 Å². The quantitative estimate of drug-likeness (QED) is 0.802. The molecule has 1 aromatic heterocycles. The van der Waals surface area contributed by atoms with Crippen LogP contribution in [0.2, 0.25) is 0 Å². The lowest BCUT2D eigenvalue weighted by atomic mass is 9.89. The highest BCUT2D eigenvalue weighted by atomic mass is 16.5. The molecule has 3 heterocycles. The lowest BCUT2D eigenvalue weighted by Gasteiger charge is -2.27. The van der Waals surface area contributed by atoms with Crippen molar-refractivity contribution >= 4 is 17.6 Å². The minimum absolute atomic E-state index is 0.0782. The van der Waals surface area contributed by atoms with Gasteiger partial charge < -0.3 is 14.8 Å². The molecule has 0 bridgehead atoms. The van der Waals surface area contributed by atoms with Gasteiger partial charge in [0.05, 0.1) is 25.1 Å². The highest BCUT2D eigenvalue weighted by Crippen LogP contribution is 2.55. The number of nitrogens with zero attached hydrogens (tertiary/aromatic N) is 2. The highest BCUT2D eigenvalue weighted by Gasteiger charge is 2.50. The van der Waals surface area contributed by atoms with Gasteiger partial charge in [-0.15, -0.1) is 0 Å². The molecule has 7 heteroatoms. The molecule has 2 aliphatic heterocycles. The van der Waals surface area contributed by atoms with Gasteiger partial charge in [-0.2, -0.15) is 0 Å². The number of urea groups is 1. The molecule has 1 saturated carbocycles. The number of ether oxygens (including phenoxy) is 2. The first kappa shape index (κ1) is 18.1. The summed E-state index contributed by atoms with van der Waals surface area (Å²) in [6, 6.07) is 8.96. The van der Waals surface area contributed by atoms with Crippen LogP contribution in [-0.2, 0) is 21.6 Å². The standard InChI is InChI=1S/C22H23N3O4/c1-3-21(2)19(26)25(20(27)24-21)15-7-8-17(23-11-15)29-16-6-4-5-14-12-28-13-22(9-10-22)18(14)16/h4-8,11H,3,9-10,12-13H2,1-2H3,(H,24,27). The van der Waals surface area contributed by atoms with Crippen molar-refractivity contribution in [2.75, 3.05) is 11.5 Å². The Morgan fingerprint density at radius 1 is 1.24 bits per heavy atom. The van der Waals surface area contributed by atoms with Crippen molar-refractivity contribution in [1.29, 1.82) is 0 Å². The summed E-state index contributed by atoms with van der Waals surface area (Å²) in [5.74, 6) is 0.958. The maximum atomic E-state index is 12.7. The summed E-state index contributed by atoms with van der Waals surface area (Å²) in [5, 5.41) is 2.75. The molecule has 3 aliphatic rings. The number of imide groups is 1. The Morgan fingerprint density at radius 2 is 2.07 bits per heavy atom. The molecule has 1 aliphatic carbocycles. The maximum Gasteiger partial charge on any atom is 0.329 e. The predicted molar refractivity (Wildman–Crippen MR) is 106 cm³/mol. The fourth-order valence-corrected chi connectivity index (χ4v) is 4.19. The van der Waals surface area contributed by atoms with E-state index in [4.69, 9.17) is 9.47 Å². The summed E-state index contributed by atoms with van der Waals surface area (Å²) >= 11 is 0. The number of carbonyl (C=O) groups excluding carboxylic acids is 2. The van der Waals surface area contributed by atoms with Gasteiger partial charge in [-0.3, -0.25) is 4.79 Å². The summed E-state index contributed by atoms with van der Waals surface area (Å²) in [4.78, 5) is 30.4. The first-order valence-corrected chi connectivity index (χ1v) is 9.96. The fraction of sp³-hybridized carbons (Fsp3) is 0.409. The SMILES string of the molecule is CCC1(C)NC(=O)N(c2ccc(Oc3cccc4c3C3(CC3)COC4)nc2)C1=O. The zero-order valence-corrected chi connectivity index (χ0v) is 16.5. The number of amides is 3. The summed E-state index contributed by atoms with van der Waals surface area (Å²) in [6.07, 6.45) is 4.23. The molecule has 1 spiro atoms. The van der Waals surface area contributed by atoms with E-state index in [1.165, 1.54) is 17.3 Å². The number of hydrogen-bond donors (Lipinski definition) is 1. The van der Waals surface area contributed by atoms with Crippen molar-refractivity contribution in [2.24, 2.45) is 0 Å². The van der Waals surface area contributed by atoms with Crippen LogP contribution in [0.15, 0.2) is 36.5 Å². The van der Waals surface area contributed by atoms with E-state index in [0.717, 1.165) is 30.1 Å². The maximum absolute atomic E-state index is 12.7. The molecule has 29 heavy (non-hydrogen) atoms. The Bertz CT molecular complexity index is 1000. The monoisotopic (exact) mass is 393 g/mol. The molecular weight excluding hydrogens is 370 g/mol. The number of fused-ring (bicyclic) bond motifs is 2. The first-order chi connectivity index (χ1) is 14.0. The fourth-order valence-electron chi connectivity index (χ4n) is 4.19. The van der Waals surface area contributed by atoms with E-state index in [2.05, 4.69) is 16.4 Å². The Kier molecular flexibility index (Phi) is 3.93. The van der Waals surface area contributed by atoms with Gasteiger partial charge in [0.25, 0.3) is 5.91 Å². The lowest BCUT2D eigenvalue weighted by Crippen LogP contribution is -2.43. The molecule has 1 aromatic carbocycles. The van der Waals surface area contributed by atoms with Crippen LogP contribution < -0.4 is 15.0 Å². The van der Waals surface area contributed by atoms with Crippen LogP contribution in [0.3, 0.4) is 0 Å². The zero-order chi connectivity index (χ0) is 20.2. The Labute approximate surface area is 169 Å². The second-order valence-corrected chi connectivity index (χ2v) is 8.28. The van der Waals surface area contributed by atoms with Crippen LogP contribution in [0.25, 0.3) is 0 Å². The van der Waals surface area contributed by atoms with E-state index in [-0.39, 0.29) is 11.3 Å². The topological polar surface area (TPSA) is 80.8 Å². The average Bonchev–Trinajstić information content (AvgIpc) is 3.44. The molecule has 3 amide bonds. The third-order valence-corrected chi connectivity index (χ3v) is 6.29. The minimum Gasteiger partial charge on any atom is -0.439 e. The largest absolute Gasteiger partial charge is 0.439 e. The van der Waals surface area contributed by atoms with Gasteiger partial charge in [0.1, 0.15) is 11.3 Å². The van der Waals surface area contributed by atoms with Gasteiger partial charge >= 0.3 is 6.03 Å². The number of benzene rings is 1. The van der Waals surface area contributed by atoms with Crippen molar-refractivity contribution in [3.05, 3.63) is 47.7 Å². The zero-order valence-electron chi connectivity index (χ0n) is 16.5. The van der Waals surface area contributed by atoms with E-state index in [1.54, 1.807) is 19.1 Å². The van der Waals surface area contributed by atoms with Gasteiger partial charge in [0.2, 0.25) is 5.88 Å². The van der Waals surface area contributed by atoms with Gasteiger partial charge in [0.15, 0.2) is 0 Å². The summed E-state index contributed by atoms with van der Waals surface area (Å²) in [6.45, 7) is 4.93. The number of aromatic nitrogens is 1. The lowest BCUT2D eigenvalue weighted by molar-refractivity contribution is -0.121. The van der Waals surface area contributed by atoms with E-state index >= 15 is 0 Å². The van der Waals surface area contributed by atoms with E-state index < -0.39 is 11.6 Å². The van der Waals surface area contributed by atoms with Crippen LogP contribution in [-0.4, -0.2) is 29.1 Å². The molecule has 150 valence electrons. The van der Waals surface area contributed by atoms with Crippen LogP contribution in [0.4, 0.5) is 10.5 Å². The Balaban J connectivity index is 1.41. The van der Waals surface area contributed by atoms with Crippen LogP contribution in [0, 0.1) is 0 Å². The highest BCUT2D eigenvalue weighted by molar-refractivity contribution is 6.23. The van der Waals surface area contributed by atoms with Crippen molar-refractivity contribution in [1.82, 2.24) is 10.3 Å². The Hall–Kier alpha value is -2.93. The molecule has 1 saturated heterocycles. The van der Waals surface area contributed by atoms with Crippen LogP contribution in [0.5, 0.6) is 11.6 Å². The molecule has 2 aromatic rings. The number of hydrogen-bond acceptors (Lipinski definition) is 5. The van der Waals surface area contributed by atoms with E-state index in [9.17, 15) is 9.59 Å². The van der Waals surface area contributed by atoms with E-state index in [0.29, 0.717) is 24.6 Å². The van der Waals surface area contributed by atoms with Crippen LogP contribution >= 0.6 is 0 Å². The van der Waals surface area contributed by atoms with Crippen LogP contribution in [0.1, 0.15) is 44.2 Å². The summed E-state index contributed by atoms with van der Waals surface area (Å²) < 4.78 is 11.9.